The van der Waals surface area contributed by atoms with E-state index in [0.29, 0.717) is 0 Å². The minimum atomic E-state index is -0.438. The van der Waals surface area contributed by atoms with E-state index in [1.807, 2.05) is 37.2 Å². The van der Waals surface area contributed by atoms with Crippen LogP contribution in [0.4, 0.5) is 11.4 Å². The van der Waals surface area contributed by atoms with E-state index in [2.05, 4.69) is 4.98 Å². The lowest BCUT2D eigenvalue weighted by Gasteiger charge is -2.12. The van der Waals surface area contributed by atoms with Crippen molar-refractivity contribution in [2.75, 3.05) is 19.0 Å². The lowest BCUT2D eigenvalue weighted by atomic mass is 10.2. The predicted molar refractivity (Wildman–Crippen MR) is 62.7 cm³/mol. The fourth-order valence-electron chi connectivity index (χ4n) is 1.48. The molecule has 0 bridgehead atoms. The van der Waals surface area contributed by atoms with Crippen molar-refractivity contribution in [2.24, 2.45) is 0 Å². The number of benzene rings is 1. The van der Waals surface area contributed by atoms with Gasteiger partial charge in [-0.1, -0.05) is 6.07 Å². The first-order valence-electron chi connectivity index (χ1n) is 4.79. The number of aromatic nitrogens is 1. The van der Waals surface area contributed by atoms with Crippen molar-refractivity contribution in [1.82, 2.24) is 4.98 Å². The third-order valence-corrected chi connectivity index (χ3v) is 2.38. The van der Waals surface area contributed by atoms with E-state index in [-0.39, 0.29) is 5.69 Å². The van der Waals surface area contributed by atoms with Crippen molar-refractivity contribution >= 4 is 22.3 Å². The molecule has 0 aliphatic heterocycles. The molecule has 0 saturated carbocycles. The molecule has 5 heteroatoms. The molecule has 0 amide bonds. The zero-order chi connectivity index (χ0) is 11.7. The number of hydrogen-bond acceptors (Lipinski definition) is 4. The Kier molecular flexibility index (Phi) is 2.44. The maximum atomic E-state index is 10.6. The van der Waals surface area contributed by atoms with Gasteiger partial charge >= 0.3 is 0 Å². The van der Waals surface area contributed by atoms with E-state index >= 15 is 0 Å². The van der Waals surface area contributed by atoms with Gasteiger partial charge in [0.05, 0.1) is 10.4 Å². The number of anilines is 1. The van der Waals surface area contributed by atoms with Crippen molar-refractivity contribution < 1.29 is 4.92 Å². The second kappa shape index (κ2) is 3.77. The van der Waals surface area contributed by atoms with Gasteiger partial charge in [-0.15, -0.1) is 0 Å². The molecule has 1 aromatic heterocycles. The average Bonchev–Trinajstić information content (AvgIpc) is 2.27. The molecule has 0 atom stereocenters. The van der Waals surface area contributed by atoms with E-state index in [4.69, 9.17) is 0 Å². The zero-order valence-electron chi connectivity index (χ0n) is 9.04. The van der Waals surface area contributed by atoms with Gasteiger partial charge in [-0.25, -0.2) is 4.98 Å². The summed E-state index contributed by atoms with van der Waals surface area (Å²) in [4.78, 5) is 16.2. The van der Waals surface area contributed by atoms with Crippen molar-refractivity contribution in [3.05, 3.63) is 40.6 Å². The SMILES string of the molecule is CN(C)c1ccc2cc([N+](=O)[O-])cnc2c1. The summed E-state index contributed by atoms with van der Waals surface area (Å²) in [6, 6.07) is 7.18. The highest BCUT2D eigenvalue weighted by Gasteiger charge is 2.07. The third-order valence-electron chi connectivity index (χ3n) is 2.38. The Bertz CT molecular complexity index is 552. The second-order valence-corrected chi connectivity index (χ2v) is 3.72. The van der Waals surface area contributed by atoms with Gasteiger partial charge in [0.15, 0.2) is 0 Å². The molecule has 0 radical (unpaired) electrons. The predicted octanol–water partition coefficient (Wildman–Crippen LogP) is 2.21. The summed E-state index contributed by atoms with van der Waals surface area (Å²) in [6.45, 7) is 0. The van der Waals surface area contributed by atoms with Gasteiger partial charge in [0.25, 0.3) is 5.69 Å². The van der Waals surface area contributed by atoms with E-state index in [0.717, 1.165) is 16.6 Å². The summed E-state index contributed by atoms with van der Waals surface area (Å²) in [7, 11) is 3.87. The van der Waals surface area contributed by atoms with E-state index in [1.165, 1.54) is 12.3 Å². The van der Waals surface area contributed by atoms with Gasteiger partial charge in [-0.05, 0) is 12.1 Å². The summed E-state index contributed by atoms with van der Waals surface area (Å²) in [5.41, 5.74) is 1.80. The van der Waals surface area contributed by atoms with Crippen molar-refractivity contribution in [1.29, 1.82) is 0 Å². The van der Waals surface area contributed by atoms with Gasteiger partial charge in [0.2, 0.25) is 0 Å². The van der Waals surface area contributed by atoms with Crippen LogP contribution in [0.15, 0.2) is 30.5 Å². The Morgan fingerprint density at radius 1 is 1.31 bits per heavy atom. The zero-order valence-corrected chi connectivity index (χ0v) is 9.04. The van der Waals surface area contributed by atoms with Crippen LogP contribution in [-0.4, -0.2) is 24.0 Å². The Morgan fingerprint density at radius 2 is 2.06 bits per heavy atom. The van der Waals surface area contributed by atoms with Gasteiger partial charge in [0.1, 0.15) is 6.20 Å². The molecule has 2 aromatic rings. The molecule has 1 aromatic carbocycles. The molecule has 2 rings (SSSR count). The van der Waals surface area contributed by atoms with Crippen LogP contribution in [0.1, 0.15) is 0 Å². The van der Waals surface area contributed by atoms with Crippen LogP contribution in [0, 0.1) is 10.1 Å². The Balaban J connectivity index is 2.57. The molecule has 82 valence electrons. The van der Waals surface area contributed by atoms with Crippen molar-refractivity contribution in [2.45, 2.75) is 0 Å². The van der Waals surface area contributed by atoms with Crippen molar-refractivity contribution in [3.63, 3.8) is 0 Å². The van der Waals surface area contributed by atoms with Crippen LogP contribution in [0.25, 0.3) is 10.9 Å². The molecule has 0 aliphatic carbocycles. The number of nitrogens with zero attached hydrogens (tertiary/aromatic N) is 3. The van der Waals surface area contributed by atoms with Gasteiger partial charge in [-0.3, -0.25) is 10.1 Å². The summed E-state index contributed by atoms with van der Waals surface area (Å²) >= 11 is 0. The highest BCUT2D eigenvalue weighted by atomic mass is 16.6. The van der Waals surface area contributed by atoms with Gasteiger partial charge in [0, 0.05) is 31.2 Å². The molecule has 0 N–H and O–H groups in total. The number of fused-ring (bicyclic) bond motifs is 1. The first-order valence-corrected chi connectivity index (χ1v) is 4.79. The number of nitro groups is 1. The summed E-state index contributed by atoms with van der Waals surface area (Å²) in [5.74, 6) is 0. The van der Waals surface area contributed by atoms with Crippen LogP contribution in [0.3, 0.4) is 0 Å². The number of pyridine rings is 1. The van der Waals surface area contributed by atoms with Crippen LogP contribution in [-0.2, 0) is 0 Å². The first-order chi connectivity index (χ1) is 7.58. The largest absolute Gasteiger partial charge is 0.378 e. The maximum Gasteiger partial charge on any atom is 0.288 e. The van der Waals surface area contributed by atoms with Crippen molar-refractivity contribution in [3.8, 4) is 0 Å². The topological polar surface area (TPSA) is 59.3 Å². The Hall–Kier alpha value is -2.17. The monoisotopic (exact) mass is 217 g/mol. The first kappa shape index (κ1) is 10.4. The summed E-state index contributed by atoms with van der Waals surface area (Å²) in [6.07, 6.45) is 1.28. The minimum absolute atomic E-state index is 0.0186. The van der Waals surface area contributed by atoms with Gasteiger partial charge < -0.3 is 4.90 Å². The fraction of sp³-hybridized carbons (Fsp3) is 0.182. The third kappa shape index (κ3) is 1.79. The highest BCUT2D eigenvalue weighted by Crippen LogP contribution is 2.22. The smallest absolute Gasteiger partial charge is 0.288 e. The normalized spacial score (nSPS) is 10.4. The van der Waals surface area contributed by atoms with E-state index in [1.54, 1.807) is 0 Å². The molecule has 0 unspecified atom stereocenters. The summed E-state index contributed by atoms with van der Waals surface area (Å²) in [5, 5.41) is 11.4. The Morgan fingerprint density at radius 3 is 2.69 bits per heavy atom. The minimum Gasteiger partial charge on any atom is -0.378 e. The average molecular weight is 217 g/mol. The lowest BCUT2D eigenvalue weighted by molar-refractivity contribution is -0.385. The van der Waals surface area contributed by atoms with Crippen LogP contribution in [0.2, 0.25) is 0 Å². The molecule has 16 heavy (non-hydrogen) atoms. The quantitative estimate of drug-likeness (QED) is 0.571. The molecule has 0 saturated heterocycles. The molecule has 0 spiro atoms. The lowest BCUT2D eigenvalue weighted by Crippen LogP contribution is -2.08. The Labute approximate surface area is 92.5 Å². The molecule has 1 heterocycles. The van der Waals surface area contributed by atoms with Crippen LogP contribution < -0.4 is 4.90 Å². The summed E-state index contributed by atoms with van der Waals surface area (Å²) < 4.78 is 0. The molecule has 5 nitrogen and oxygen atoms in total. The fourth-order valence-corrected chi connectivity index (χ4v) is 1.48. The van der Waals surface area contributed by atoms with Crippen LogP contribution >= 0.6 is 0 Å². The van der Waals surface area contributed by atoms with E-state index in [9.17, 15) is 10.1 Å². The standard InChI is InChI=1S/C11H11N3O2/c1-13(2)9-4-3-8-5-10(14(15)16)7-12-11(8)6-9/h3-7H,1-2H3. The van der Waals surface area contributed by atoms with E-state index < -0.39 is 4.92 Å². The van der Waals surface area contributed by atoms with Crippen LogP contribution in [0.5, 0.6) is 0 Å². The second-order valence-electron chi connectivity index (χ2n) is 3.72. The molecule has 0 fully saturated rings. The number of hydrogen-bond donors (Lipinski definition) is 0. The molecule has 0 aliphatic rings. The highest BCUT2D eigenvalue weighted by molar-refractivity contribution is 5.83. The van der Waals surface area contributed by atoms with Gasteiger partial charge in [-0.2, -0.15) is 0 Å². The molecular weight excluding hydrogens is 206 g/mol. The number of rotatable bonds is 2. The maximum absolute atomic E-state index is 10.6. The molecular formula is C11H11N3O2.